The maximum atomic E-state index is 12.4. The minimum atomic E-state index is -3.06. The molecule has 1 aromatic carbocycles. The minimum Gasteiger partial charge on any atom is -0.462 e. The molecule has 110 valence electrons. The molecular weight excluding hydrogens is 338 g/mol. The van der Waals surface area contributed by atoms with E-state index in [1.165, 1.54) is 25.1 Å². The van der Waals surface area contributed by atoms with Crippen molar-refractivity contribution in [3.63, 3.8) is 0 Å². The Hall–Kier alpha value is -1.50. The van der Waals surface area contributed by atoms with E-state index in [1.54, 1.807) is 6.92 Å². The van der Waals surface area contributed by atoms with Crippen LogP contribution < -0.4 is 4.74 Å². The van der Waals surface area contributed by atoms with Crippen molar-refractivity contribution in [2.24, 2.45) is 0 Å². The van der Waals surface area contributed by atoms with Crippen LogP contribution in [-0.4, -0.2) is 25.0 Å². The van der Waals surface area contributed by atoms with Gasteiger partial charge in [0.2, 0.25) is 0 Å². The summed E-state index contributed by atoms with van der Waals surface area (Å²) in [6.07, 6.45) is 0. The lowest BCUT2D eigenvalue weighted by Gasteiger charge is -2.17. The summed E-state index contributed by atoms with van der Waals surface area (Å²) in [5, 5.41) is 0. The van der Waals surface area contributed by atoms with Crippen LogP contribution in [0, 0.1) is 0 Å². The third-order valence-electron chi connectivity index (χ3n) is 2.39. The van der Waals surface area contributed by atoms with Gasteiger partial charge in [-0.2, -0.15) is 8.78 Å². The van der Waals surface area contributed by atoms with Crippen molar-refractivity contribution in [2.75, 3.05) is 6.61 Å². The Morgan fingerprint density at radius 2 is 2.00 bits per heavy atom. The van der Waals surface area contributed by atoms with E-state index in [9.17, 15) is 18.4 Å². The summed E-state index contributed by atoms with van der Waals surface area (Å²) >= 11 is 3.08. The molecule has 0 aliphatic carbocycles. The highest BCUT2D eigenvalue weighted by atomic mass is 79.9. The third kappa shape index (κ3) is 4.00. The molecule has 1 atom stereocenters. The maximum Gasteiger partial charge on any atom is 0.387 e. The van der Waals surface area contributed by atoms with Crippen LogP contribution in [0.3, 0.4) is 0 Å². The first-order valence-electron chi connectivity index (χ1n) is 5.77. The number of alkyl halides is 3. The van der Waals surface area contributed by atoms with Crippen molar-refractivity contribution in [2.45, 2.75) is 25.3 Å². The Morgan fingerprint density at radius 1 is 1.35 bits per heavy atom. The molecule has 7 heteroatoms. The molecular formula is C13H13BrF2O4. The molecule has 0 aliphatic heterocycles. The summed E-state index contributed by atoms with van der Waals surface area (Å²) in [4.78, 5) is 22.4. The van der Waals surface area contributed by atoms with E-state index in [4.69, 9.17) is 4.74 Å². The Labute approximate surface area is 123 Å². The van der Waals surface area contributed by atoms with Gasteiger partial charge >= 0.3 is 12.6 Å². The number of carbonyl (C=O) groups is 2. The van der Waals surface area contributed by atoms with Gasteiger partial charge in [0, 0.05) is 5.56 Å². The topological polar surface area (TPSA) is 52.6 Å². The standard InChI is InChI=1S/C13H13BrF2O4/c1-3-19-12(18)8-5-4-6-9(20-13(15)16)10(8)11(14)7(2)17/h4-6,11,13H,3H2,1-2H3. The molecule has 0 spiro atoms. The zero-order valence-electron chi connectivity index (χ0n) is 10.9. The summed E-state index contributed by atoms with van der Waals surface area (Å²) in [6.45, 7) is -0.0373. The van der Waals surface area contributed by atoms with E-state index < -0.39 is 17.4 Å². The van der Waals surface area contributed by atoms with Crippen molar-refractivity contribution >= 4 is 27.7 Å². The molecule has 0 radical (unpaired) electrons. The van der Waals surface area contributed by atoms with E-state index in [2.05, 4.69) is 20.7 Å². The molecule has 0 heterocycles. The first-order chi connectivity index (χ1) is 9.38. The van der Waals surface area contributed by atoms with E-state index in [0.29, 0.717) is 0 Å². The lowest BCUT2D eigenvalue weighted by atomic mass is 10.0. The second-order valence-electron chi connectivity index (χ2n) is 3.79. The SMILES string of the molecule is CCOC(=O)c1cccc(OC(F)F)c1C(Br)C(C)=O. The Bertz CT molecular complexity index is 505. The molecule has 0 aromatic heterocycles. The summed E-state index contributed by atoms with van der Waals surface area (Å²) in [7, 11) is 0. The van der Waals surface area contributed by atoms with Crippen LogP contribution in [-0.2, 0) is 9.53 Å². The predicted molar refractivity (Wildman–Crippen MR) is 71.4 cm³/mol. The number of ether oxygens (including phenoxy) is 2. The predicted octanol–water partition coefficient (Wildman–Crippen LogP) is 3.49. The summed E-state index contributed by atoms with van der Waals surface area (Å²) < 4.78 is 34.0. The van der Waals surface area contributed by atoms with Crippen molar-refractivity contribution in [1.82, 2.24) is 0 Å². The third-order valence-corrected chi connectivity index (χ3v) is 3.49. The molecule has 0 amide bonds. The van der Waals surface area contributed by atoms with Crippen LogP contribution in [0.4, 0.5) is 8.78 Å². The number of hydrogen-bond acceptors (Lipinski definition) is 4. The average molecular weight is 351 g/mol. The van der Waals surface area contributed by atoms with Gasteiger partial charge in [-0.3, -0.25) is 4.79 Å². The molecule has 0 saturated carbocycles. The lowest BCUT2D eigenvalue weighted by molar-refractivity contribution is -0.116. The van der Waals surface area contributed by atoms with Crippen LogP contribution >= 0.6 is 15.9 Å². The zero-order valence-corrected chi connectivity index (χ0v) is 12.4. The van der Waals surface area contributed by atoms with Gasteiger partial charge < -0.3 is 9.47 Å². The van der Waals surface area contributed by atoms with Gasteiger partial charge in [0.1, 0.15) is 16.4 Å². The smallest absolute Gasteiger partial charge is 0.387 e. The molecule has 0 N–H and O–H groups in total. The summed E-state index contributed by atoms with van der Waals surface area (Å²) in [5.41, 5.74) is 0.0563. The lowest BCUT2D eigenvalue weighted by Crippen LogP contribution is -2.15. The van der Waals surface area contributed by atoms with E-state index in [0.717, 1.165) is 0 Å². The number of Topliss-reactive ketones (excluding diaryl/α,β-unsaturated/α-hetero) is 1. The molecule has 1 rings (SSSR count). The normalized spacial score (nSPS) is 12.1. The Kier molecular flexibility index (Phi) is 6.06. The van der Waals surface area contributed by atoms with Gasteiger partial charge in [-0.15, -0.1) is 0 Å². The van der Waals surface area contributed by atoms with Crippen LogP contribution in [0.2, 0.25) is 0 Å². The van der Waals surface area contributed by atoms with Crippen molar-refractivity contribution in [3.8, 4) is 5.75 Å². The highest BCUT2D eigenvalue weighted by Crippen LogP contribution is 2.36. The van der Waals surface area contributed by atoms with E-state index in [-0.39, 0.29) is 29.3 Å². The number of esters is 1. The molecule has 0 saturated heterocycles. The van der Waals surface area contributed by atoms with Gasteiger partial charge in [-0.1, -0.05) is 22.0 Å². The second-order valence-corrected chi connectivity index (χ2v) is 4.71. The van der Waals surface area contributed by atoms with Crippen molar-refractivity contribution in [3.05, 3.63) is 29.3 Å². The van der Waals surface area contributed by atoms with E-state index >= 15 is 0 Å². The number of halogens is 3. The number of carbonyl (C=O) groups excluding carboxylic acids is 2. The van der Waals surface area contributed by atoms with Crippen LogP contribution in [0.25, 0.3) is 0 Å². The molecule has 1 aromatic rings. The highest BCUT2D eigenvalue weighted by molar-refractivity contribution is 9.09. The van der Waals surface area contributed by atoms with E-state index in [1.807, 2.05) is 0 Å². The molecule has 0 fully saturated rings. The zero-order chi connectivity index (χ0) is 15.3. The van der Waals surface area contributed by atoms with Gasteiger partial charge in [-0.05, 0) is 26.0 Å². The summed E-state index contributed by atoms with van der Waals surface area (Å²) in [6, 6.07) is 4.04. The fourth-order valence-electron chi connectivity index (χ4n) is 1.59. The number of benzene rings is 1. The first-order valence-corrected chi connectivity index (χ1v) is 6.69. The molecule has 4 nitrogen and oxygen atoms in total. The van der Waals surface area contributed by atoms with Crippen LogP contribution in [0.5, 0.6) is 5.75 Å². The number of ketones is 1. The molecule has 0 bridgehead atoms. The van der Waals surface area contributed by atoms with Crippen LogP contribution in [0.15, 0.2) is 18.2 Å². The number of hydrogen-bond donors (Lipinski definition) is 0. The molecule has 20 heavy (non-hydrogen) atoms. The first kappa shape index (κ1) is 16.6. The van der Waals surface area contributed by atoms with Crippen LogP contribution in [0.1, 0.15) is 34.6 Å². The largest absolute Gasteiger partial charge is 0.462 e. The maximum absolute atomic E-state index is 12.4. The Balaban J connectivity index is 3.35. The minimum absolute atomic E-state index is 0.0158. The average Bonchev–Trinajstić information content (AvgIpc) is 2.37. The quantitative estimate of drug-likeness (QED) is 0.582. The van der Waals surface area contributed by atoms with Gasteiger partial charge in [-0.25, -0.2) is 4.79 Å². The van der Waals surface area contributed by atoms with Gasteiger partial charge in [0.05, 0.1) is 12.2 Å². The summed E-state index contributed by atoms with van der Waals surface area (Å²) in [5.74, 6) is -1.28. The highest BCUT2D eigenvalue weighted by Gasteiger charge is 2.26. The van der Waals surface area contributed by atoms with Crippen molar-refractivity contribution in [1.29, 1.82) is 0 Å². The van der Waals surface area contributed by atoms with Crippen molar-refractivity contribution < 1.29 is 27.8 Å². The molecule has 1 unspecified atom stereocenters. The monoisotopic (exact) mass is 350 g/mol. The fourth-order valence-corrected chi connectivity index (χ4v) is 2.07. The number of rotatable bonds is 6. The van der Waals surface area contributed by atoms with Gasteiger partial charge in [0.25, 0.3) is 0 Å². The molecule has 0 aliphatic rings. The van der Waals surface area contributed by atoms with Gasteiger partial charge in [0.15, 0.2) is 0 Å². The fraction of sp³-hybridized carbons (Fsp3) is 0.385. The second kappa shape index (κ2) is 7.33. The Morgan fingerprint density at radius 3 is 2.50 bits per heavy atom.